The van der Waals surface area contributed by atoms with Crippen molar-refractivity contribution in [2.75, 3.05) is 20.8 Å². The Morgan fingerprint density at radius 1 is 0.966 bits per heavy atom. The van der Waals surface area contributed by atoms with Gasteiger partial charge in [0.15, 0.2) is 11.3 Å². The maximum absolute atomic E-state index is 6.16. The van der Waals surface area contributed by atoms with Gasteiger partial charge in [-0.2, -0.15) is 0 Å². The van der Waals surface area contributed by atoms with Crippen LogP contribution in [0.3, 0.4) is 0 Å². The summed E-state index contributed by atoms with van der Waals surface area (Å²) in [6, 6.07) is 20.0. The molecule has 0 atom stereocenters. The first-order valence-corrected chi connectivity index (χ1v) is 9.63. The highest BCUT2D eigenvalue weighted by atomic mass is 16.5. The second-order valence-corrected chi connectivity index (χ2v) is 6.76. The van der Waals surface area contributed by atoms with Crippen molar-refractivity contribution in [2.45, 2.75) is 13.0 Å². The first-order chi connectivity index (χ1) is 14.3. The number of benzene rings is 2. The Labute approximate surface area is 170 Å². The molecule has 4 aromatic rings. The Hall–Kier alpha value is -3.31. The summed E-state index contributed by atoms with van der Waals surface area (Å²) >= 11 is 0. The Bertz CT molecular complexity index is 1070. The van der Waals surface area contributed by atoms with E-state index in [1.807, 2.05) is 54.7 Å². The lowest BCUT2D eigenvalue weighted by molar-refractivity contribution is 0.410. The zero-order valence-corrected chi connectivity index (χ0v) is 16.6. The number of nitrogens with zero attached hydrogens (tertiary/aromatic N) is 1. The molecule has 29 heavy (non-hydrogen) atoms. The van der Waals surface area contributed by atoms with E-state index in [1.54, 1.807) is 14.2 Å². The van der Waals surface area contributed by atoms with Gasteiger partial charge in [-0.15, -0.1) is 0 Å². The number of nitrogens with one attached hydrogen (secondary N) is 1. The van der Waals surface area contributed by atoms with E-state index in [9.17, 15) is 0 Å². The molecular weight excluding hydrogens is 364 g/mol. The molecule has 0 fully saturated rings. The van der Waals surface area contributed by atoms with Crippen molar-refractivity contribution in [3.05, 3.63) is 78.1 Å². The highest BCUT2D eigenvalue weighted by Gasteiger charge is 2.14. The maximum atomic E-state index is 6.16. The summed E-state index contributed by atoms with van der Waals surface area (Å²) in [5, 5.41) is 4.56. The summed E-state index contributed by atoms with van der Waals surface area (Å²) in [5.74, 6) is 2.36. The van der Waals surface area contributed by atoms with Gasteiger partial charge in [0.2, 0.25) is 0 Å². The van der Waals surface area contributed by atoms with Crippen molar-refractivity contribution in [2.24, 2.45) is 0 Å². The summed E-state index contributed by atoms with van der Waals surface area (Å²) in [5.41, 5.74) is 4.02. The van der Waals surface area contributed by atoms with Crippen LogP contribution in [0.25, 0.3) is 22.3 Å². The van der Waals surface area contributed by atoms with E-state index in [2.05, 4.69) is 22.4 Å². The Kier molecular flexibility index (Phi) is 5.77. The number of aromatic nitrogens is 1. The van der Waals surface area contributed by atoms with Crippen LogP contribution < -0.4 is 14.8 Å². The molecule has 4 rings (SSSR count). The summed E-state index contributed by atoms with van der Waals surface area (Å²) in [4.78, 5) is 4.36. The molecule has 0 saturated carbocycles. The van der Waals surface area contributed by atoms with Crippen LogP contribution in [0.15, 0.2) is 71.3 Å². The third-order valence-electron chi connectivity index (χ3n) is 4.93. The first-order valence-electron chi connectivity index (χ1n) is 9.63. The first kappa shape index (κ1) is 19.0. The number of fused-ring (bicyclic) bond motifs is 1. The van der Waals surface area contributed by atoms with Crippen molar-refractivity contribution in [1.29, 1.82) is 0 Å². The van der Waals surface area contributed by atoms with E-state index in [4.69, 9.17) is 13.9 Å². The van der Waals surface area contributed by atoms with Gasteiger partial charge in [-0.1, -0.05) is 12.1 Å². The van der Waals surface area contributed by atoms with Gasteiger partial charge >= 0.3 is 0 Å². The predicted octanol–water partition coefficient (Wildman–Crippen LogP) is 4.84. The number of rotatable bonds is 8. The predicted molar refractivity (Wildman–Crippen MR) is 114 cm³/mol. The number of ether oxygens (including phenoxy) is 2. The van der Waals surface area contributed by atoms with Gasteiger partial charge in [-0.25, -0.2) is 0 Å². The average Bonchev–Trinajstić information content (AvgIpc) is 3.23. The molecule has 0 aliphatic heterocycles. The second-order valence-electron chi connectivity index (χ2n) is 6.76. The van der Waals surface area contributed by atoms with Gasteiger partial charge < -0.3 is 19.2 Å². The molecule has 0 saturated heterocycles. The van der Waals surface area contributed by atoms with Gasteiger partial charge in [0.1, 0.15) is 11.5 Å². The molecule has 5 nitrogen and oxygen atoms in total. The van der Waals surface area contributed by atoms with Crippen LogP contribution in [0.2, 0.25) is 0 Å². The molecule has 0 spiro atoms. The lowest BCUT2D eigenvalue weighted by atomic mass is 10.1. The Morgan fingerprint density at radius 3 is 2.55 bits per heavy atom. The lowest BCUT2D eigenvalue weighted by Gasteiger charge is -2.08. The molecule has 1 N–H and O–H groups in total. The highest BCUT2D eigenvalue weighted by Crippen LogP contribution is 2.36. The lowest BCUT2D eigenvalue weighted by Crippen LogP contribution is -2.17. The molecule has 2 heterocycles. The van der Waals surface area contributed by atoms with Crippen molar-refractivity contribution < 1.29 is 13.9 Å². The van der Waals surface area contributed by atoms with Crippen LogP contribution in [0, 0.1) is 0 Å². The zero-order valence-electron chi connectivity index (χ0n) is 16.6. The smallest absolute Gasteiger partial charge is 0.176 e. The van der Waals surface area contributed by atoms with Crippen LogP contribution >= 0.6 is 0 Å². The van der Waals surface area contributed by atoms with E-state index in [-0.39, 0.29) is 0 Å². The minimum absolute atomic E-state index is 0.733. The molecule has 5 heteroatoms. The maximum Gasteiger partial charge on any atom is 0.176 e. The van der Waals surface area contributed by atoms with E-state index in [0.29, 0.717) is 0 Å². The van der Waals surface area contributed by atoms with E-state index in [0.717, 1.165) is 59.0 Å². The van der Waals surface area contributed by atoms with Gasteiger partial charge in [0.25, 0.3) is 0 Å². The van der Waals surface area contributed by atoms with Crippen LogP contribution in [0.1, 0.15) is 11.3 Å². The largest absolute Gasteiger partial charge is 0.497 e. The van der Waals surface area contributed by atoms with Gasteiger partial charge in [-0.05, 0) is 54.1 Å². The fourth-order valence-electron chi connectivity index (χ4n) is 3.35. The van der Waals surface area contributed by atoms with Crippen LogP contribution in [-0.2, 0) is 13.0 Å². The molecule has 148 valence electrons. The topological polar surface area (TPSA) is 56.5 Å². The molecule has 0 aliphatic carbocycles. The number of methoxy groups -OCH3 is 2. The second kappa shape index (κ2) is 8.80. The standard InChI is InChI=1S/C24H24N2O3/c1-27-20-9-6-17(7-10-20)23-15-21-18(8-11-22(28-2)24(21)29-23)16-25-14-12-19-5-3-4-13-26-19/h3-11,13,15,25H,12,14,16H2,1-2H3. The van der Waals surface area contributed by atoms with E-state index in [1.165, 1.54) is 5.56 Å². The van der Waals surface area contributed by atoms with Gasteiger partial charge in [-0.3, -0.25) is 4.98 Å². The molecule has 0 bridgehead atoms. The van der Waals surface area contributed by atoms with Crippen molar-refractivity contribution in [3.8, 4) is 22.8 Å². The summed E-state index contributed by atoms with van der Waals surface area (Å²) in [6.07, 6.45) is 2.72. The molecule has 2 aromatic heterocycles. The Balaban J connectivity index is 1.54. The number of hydrogen-bond donors (Lipinski definition) is 1. The third kappa shape index (κ3) is 4.25. The average molecular weight is 388 g/mol. The monoisotopic (exact) mass is 388 g/mol. The number of hydrogen-bond acceptors (Lipinski definition) is 5. The molecule has 0 radical (unpaired) electrons. The third-order valence-corrected chi connectivity index (χ3v) is 4.93. The van der Waals surface area contributed by atoms with Crippen molar-refractivity contribution in [3.63, 3.8) is 0 Å². The highest BCUT2D eigenvalue weighted by molar-refractivity contribution is 5.90. The van der Waals surface area contributed by atoms with E-state index >= 15 is 0 Å². The number of furan rings is 1. The van der Waals surface area contributed by atoms with Gasteiger partial charge in [0.05, 0.1) is 14.2 Å². The van der Waals surface area contributed by atoms with Crippen LogP contribution in [0.5, 0.6) is 11.5 Å². The summed E-state index contributed by atoms with van der Waals surface area (Å²) < 4.78 is 16.9. The van der Waals surface area contributed by atoms with Crippen LogP contribution in [0.4, 0.5) is 0 Å². The normalized spacial score (nSPS) is 11.0. The minimum Gasteiger partial charge on any atom is -0.497 e. The molecular formula is C24H24N2O3. The summed E-state index contributed by atoms with van der Waals surface area (Å²) in [7, 11) is 3.32. The summed E-state index contributed by atoms with van der Waals surface area (Å²) in [6.45, 7) is 1.60. The fourth-order valence-corrected chi connectivity index (χ4v) is 3.35. The molecule has 2 aromatic carbocycles. The molecule has 0 aliphatic rings. The molecule has 0 unspecified atom stereocenters. The van der Waals surface area contributed by atoms with Crippen LogP contribution in [-0.4, -0.2) is 25.7 Å². The van der Waals surface area contributed by atoms with Crippen molar-refractivity contribution >= 4 is 11.0 Å². The minimum atomic E-state index is 0.733. The van der Waals surface area contributed by atoms with Crippen molar-refractivity contribution in [1.82, 2.24) is 10.3 Å². The Morgan fingerprint density at radius 2 is 1.83 bits per heavy atom. The molecule has 0 amide bonds. The number of pyridine rings is 1. The SMILES string of the molecule is COc1ccc(-c2cc3c(CNCCc4ccccn4)ccc(OC)c3o2)cc1. The fraction of sp³-hybridized carbons (Fsp3) is 0.208. The van der Waals surface area contributed by atoms with E-state index < -0.39 is 0 Å². The zero-order chi connectivity index (χ0) is 20.1. The van der Waals surface area contributed by atoms with Gasteiger partial charge in [0, 0.05) is 42.4 Å². The quantitative estimate of drug-likeness (QED) is 0.438.